The minimum absolute atomic E-state index is 0.101. The smallest absolute Gasteiger partial charge is 0.244 e. The molecule has 1 aliphatic rings. The first-order chi connectivity index (χ1) is 9.40. The molecule has 8 heteroatoms. The maximum absolute atomic E-state index is 12.6. The molecule has 1 saturated heterocycles. The predicted octanol–water partition coefficient (Wildman–Crippen LogP) is 1.22. The zero-order valence-electron chi connectivity index (χ0n) is 11.2. The van der Waals surface area contributed by atoms with Crippen molar-refractivity contribution in [1.29, 1.82) is 0 Å². The van der Waals surface area contributed by atoms with E-state index in [0.717, 1.165) is 0 Å². The summed E-state index contributed by atoms with van der Waals surface area (Å²) in [6.07, 6.45) is -0.159. The Kier molecular flexibility index (Phi) is 4.58. The van der Waals surface area contributed by atoms with Crippen LogP contribution in [0.4, 0.5) is 0 Å². The van der Waals surface area contributed by atoms with Gasteiger partial charge in [0.2, 0.25) is 10.0 Å². The highest BCUT2D eigenvalue weighted by Gasteiger charge is 2.33. The van der Waals surface area contributed by atoms with E-state index in [9.17, 15) is 13.5 Å². The second-order valence-electron chi connectivity index (χ2n) is 4.44. The van der Waals surface area contributed by atoms with Crippen LogP contribution in [-0.4, -0.2) is 51.2 Å². The first kappa shape index (κ1) is 15.6. The van der Waals surface area contributed by atoms with Crippen LogP contribution in [0.3, 0.4) is 0 Å². The molecule has 0 unspecified atom stereocenters. The number of halogens is 1. The molecule has 6 nitrogen and oxygen atoms in total. The molecule has 1 aromatic rings. The van der Waals surface area contributed by atoms with E-state index in [4.69, 9.17) is 9.47 Å². The Labute approximate surface area is 126 Å². The van der Waals surface area contributed by atoms with Crippen LogP contribution in [0, 0.1) is 0 Å². The van der Waals surface area contributed by atoms with E-state index in [0.29, 0.717) is 28.9 Å². The highest BCUT2D eigenvalue weighted by Crippen LogP contribution is 2.37. The SMILES string of the molecule is COc1cc(Br)c(S(=O)(=O)N2CC[C@@H](O)C2)cc1OC. The van der Waals surface area contributed by atoms with E-state index in [2.05, 4.69) is 15.9 Å². The van der Waals surface area contributed by atoms with Gasteiger partial charge in [-0.05, 0) is 28.4 Å². The first-order valence-corrected chi connectivity index (χ1v) is 8.23. The third kappa shape index (κ3) is 2.78. The molecule has 0 radical (unpaired) electrons. The summed E-state index contributed by atoms with van der Waals surface area (Å²) in [5.41, 5.74) is 0. The number of benzene rings is 1. The molecule has 0 saturated carbocycles. The van der Waals surface area contributed by atoms with Gasteiger partial charge in [0.1, 0.15) is 4.90 Å². The number of ether oxygens (including phenoxy) is 2. The van der Waals surface area contributed by atoms with Gasteiger partial charge in [-0.25, -0.2) is 8.42 Å². The van der Waals surface area contributed by atoms with Crippen LogP contribution in [0.25, 0.3) is 0 Å². The number of nitrogens with zero attached hydrogens (tertiary/aromatic N) is 1. The van der Waals surface area contributed by atoms with Crippen LogP contribution < -0.4 is 9.47 Å². The minimum Gasteiger partial charge on any atom is -0.493 e. The van der Waals surface area contributed by atoms with Crippen molar-refractivity contribution in [2.24, 2.45) is 0 Å². The van der Waals surface area contributed by atoms with E-state index in [-0.39, 0.29) is 11.4 Å². The van der Waals surface area contributed by atoms with Crippen molar-refractivity contribution in [1.82, 2.24) is 4.31 Å². The molecule has 0 spiro atoms. The summed E-state index contributed by atoms with van der Waals surface area (Å²) in [5, 5.41) is 9.50. The third-order valence-corrected chi connectivity index (χ3v) is 6.01. The lowest BCUT2D eigenvalue weighted by Crippen LogP contribution is -2.30. The van der Waals surface area contributed by atoms with Crippen molar-refractivity contribution in [2.75, 3.05) is 27.3 Å². The molecular formula is C12H16BrNO5S. The van der Waals surface area contributed by atoms with Gasteiger partial charge in [0.25, 0.3) is 0 Å². The van der Waals surface area contributed by atoms with E-state index >= 15 is 0 Å². The van der Waals surface area contributed by atoms with Crippen LogP contribution >= 0.6 is 15.9 Å². The van der Waals surface area contributed by atoms with Crippen LogP contribution in [0.15, 0.2) is 21.5 Å². The van der Waals surface area contributed by atoms with Crippen LogP contribution in [-0.2, 0) is 10.0 Å². The lowest BCUT2D eigenvalue weighted by Gasteiger charge is -2.18. The van der Waals surface area contributed by atoms with Crippen molar-refractivity contribution >= 4 is 26.0 Å². The Morgan fingerprint density at radius 1 is 1.30 bits per heavy atom. The minimum atomic E-state index is -3.67. The van der Waals surface area contributed by atoms with Crippen LogP contribution in [0.5, 0.6) is 11.5 Å². The summed E-state index contributed by atoms with van der Waals surface area (Å²) in [5.74, 6) is 0.786. The third-order valence-electron chi connectivity index (χ3n) is 3.18. The van der Waals surface area contributed by atoms with E-state index in [1.165, 1.54) is 24.6 Å². The summed E-state index contributed by atoms with van der Waals surface area (Å²) in [4.78, 5) is 0.101. The molecule has 1 N–H and O–H groups in total. The number of aliphatic hydroxyl groups is 1. The lowest BCUT2D eigenvalue weighted by molar-refractivity contribution is 0.189. The Morgan fingerprint density at radius 2 is 1.90 bits per heavy atom. The fourth-order valence-electron chi connectivity index (χ4n) is 2.10. The zero-order chi connectivity index (χ0) is 14.9. The van der Waals surface area contributed by atoms with Gasteiger partial charge in [0.05, 0.1) is 20.3 Å². The van der Waals surface area contributed by atoms with Crippen LogP contribution in [0.2, 0.25) is 0 Å². The van der Waals surface area contributed by atoms with E-state index in [1.54, 1.807) is 6.07 Å². The molecule has 0 bridgehead atoms. The molecule has 1 fully saturated rings. The number of β-amino-alcohol motifs (C(OH)–C–C–N with tert-alkyl or cyclic N) is 1. The Bertz CT molecular complexity index is 604. The topological polar surface area (TPSA) is 76.1 Å². The van der Waals surface area contributed by atoms with Crippen molar-refractivity contribution in [3.8, 4) is 11.5 Å². The highest BCUT2D eigenvalue weighted by atomic mass is 79.9. The average Bonchev–Trinajstić information content (AvgIpc) is 2.85. The zero-order valence-corrected chi connectivity index (χ0v) is 13.6. The summed E-state index contributed by atoms with van der Waals surface area (Å²) in [6.45, 7) is 0.424. The lowest BCUT2D eigenvalue weighted by atomic mass is 10.3. The number of rotatable bonds is 4. The average molecular weight is 366 g/mol. The summed E-state index contributed by atoms with van der Waals surface area (Å²) < 4.78 is 37.0. The van der Waals surface area contributed by atoms with Gasteiger partial charge in [0.15, 0.2) is 11.5 Å². The van der Waals surface area contributed by atoms with Crippen molar-refractivity contribution in [2.45, 2.75) is 17.4 Å². The van der Waals surface area contributed by atoms with Gasteiger partial charge >= 0.3 is 0 Å². The van der Waals surface area contributed by atoms with Crippen molar-refractivity contribution in [3.05, 3.63) is 16.6 Å². The largest absolute Gasteiger partial charge is 0.493 e. The van der Waals surface area contributed by atoms with Crippen molar-refractivity contribution in [3.63, 3.8) is 0 Å². The van der Waals surface area contributed by atoms with Gasteiger partial charge in [-0.3, -0.25) is 0 Å². The molecule has 0 aromatic heterocycles. The molecule has 20 heavy (non-hydrogen) atoms. The number of aliphatic hydroxyl groups excluding tert-OH is 1. The second kappa shape index (κ2) is 5.88. The van der Waals surface area contributed by atoms with Gasteiger partial charge in [-0.15, -0.1) is 0 Å². The Morgan fingerprint density at radius 3 is 2.40 bits per heavy atom. The summed E-state index contributed by atoms with van der Waals surface area (Å²) in [7, 11) is -0.741. The molecular weight excluding hydrogens is 350 g/mol. The normalized spacial score (nSPS) is 20.1. The first-order valence-electron chi connectivity index (χ1n) is 6.00. The molecule has 0 amide bonds. The maximum atomic E-state index is 12.6. The van der Waals surface area contributed by atoms with Gasteiger partial charge in [-0.2, -0.15) is 4.31 Å². The monoisotopic (exact) mass is 365 g/mol. The standard InChI is InChI=1S/C12H16BrNO5S/c1-18-10-5-9(13)12(6-11(10)19-2)20(16,17)14-4-3-8(15)7-14/h5-6,8,15H,3-4,7H2,1-2H3/t8-/m1/s1. The quantitative estimate of drug-likeness (QED) is 0.867. The molecule has 2 rings (SSSR count). The van der Waals surface area contributed by atoms with Crippen molar-refractivity contribution < 1.29 is 23.0 Å². The molecule has 0 aliphatic carbocycles. The molecule has 1 heterocycles. The Balaban J connectivity index is 2.46. The van der Waals surface area contributed by atoms with Gasteiger partial charge in [-0.1, -0.05) is 0 Å². The predicted molar refractivity (Wildman–Crippen MR) is 76.6 cm³/mol. The number of hydrogen-bond acceptors (Lipinski definition) is 5. The Hall–Kier alpha value is -0.830. The second-order valence-corrected chi connectivity index (χ2v) is 7.20. The molecule has 1 aromatic carbocycles. The number of hydrogen-bond donors (Lipinski definition) is 1. The fourth-order valence-corrected chi connectivity index (χ4v) is 4.59. The molecule has 1 aliphatic heterocycles. The number of sulfonamides is 1. The fraction of sp³-hybridized carbons (Fsp3) is 0.500. The summed E-state index contributed by atoms with van der Waals surface area (Å²) >= 11 is 3.25. The maximum Gasteiger partial charge on any atom is 0.244 e. The summed E-state index contributed by atoms with van der Waals surface area (Å²) in [6, 6.07) is 2.97. The van der Waals surface area contributed by atoms with E-state index in [1.807, 2.05) is 0 Å². The van der Waals surface area contributed by atoms with E-state index < -0.39 is 16.1 Å². The van der Waals surface area contributed by atoms with Gasteiger partial charge < -0.3 is 14.6 Å². The highest BCUT2D eigenvalue weighted by molar-refractivity contribution is 9.10. The molecule has 1 atom stereocenters. The van der Waals surface area contributed by atoms with Gasteiger partial charge in [0, 0.05) is 23.6 Å². The van der Waals surface area contributed by atoms with Crippen LogP contribution in [0.1, 0.15) is 6.42 Å². The molecule has 112 valence electrons. The number of methoxy groups -OCH3 is 2.